The molecule has 222 valence electrons. The molecule has 0 spiro atoms. The van der Waals surface area contributed by atoms with Crippen LogP contribution in [-0.4, -0.2) is 61.3 Å². The Morgan fingerprint density at radius 3 is 2.67 bits per heavy atom. The van der Waals surface area contributed by atoms with E-state index in [4.69, 9.17) is 4.74 Å². The molecular weight excluding hydrogens is 571 g/mol. The lowest BCUT2D eigenvalue weighted by Gasteiger charge is -2.18. The number of aryl methyl sites for hydroxylation is 3. The zero-order chi connectivity index (χ0) is 30.0. The number of carbonyl (C=O) groups is 1. The van der Waals surface area contributed by atoms with Crippen molar-refractivity contribution in [2.24, 2.45) is 0 Å². The van der Waals surface area contributed by atoms with Gasteiger partial charge in [0.05, 0.1) is 40.9 Å². The van der Waals surface area contributed by atoms with Crippen LogP contribution in [0.4, 0.5) is 5.69 Å². The van der Waals surface area contributed by atoms with E-state index in [1.54, 1.807) is 31.2 Å². The smallest absolute Gasteiger partial charge is 0.251 e. The summed E-state index contributed by atoms with van der Waals surface area (Å²) in [5.74, 6) is 0.684. The summed E-state index contributed by atoms with van der Waals surface area (Å²) in [6.45, 7) is 9.02. The molecule has 5 rings (SSSR count). The Balaban J connectivity index is 1.29. The fourth-order valence-corrected chi connectivity index (χ4v) is 7.78. The van der Waals surface area contributed by atoms with Gasteiger partial charge in [0, 0.05) is 35.3 Å². The first-order valence-electron chi connectivity index (χ1n) is 13.9. The number of ether oxygens (including phenoxy) is 1. The van der Waals surface area contributed by atoms with Crippen molar-refractivity contribution in [3.63, 3.8) is 0 Å². The molecule has 1 fully saturated rings. The van der Waals surface area contributed by atoms with E-state index >= 15 is 0 Å². The van der Waals surface area contributed by atoms with Crippen molar-refractivity contribution in [2.75, 3.05) is 30.5 Å². The number of rotatable bonds is 10. The number of hydrogen-bond donors (Lipinski definition) is 3. The Labute approximate surface area is 251 Å². The number of aromatic nitrogens is 2. The monoisotopic (exact) mass is 607 g/mol. The van der Waals surface area contributed by atoms with Crippen LogP contribution in [0.5, 0.6) is 5.75 Å². The molecule has 2 atom stereocenters. The molecule has 0 aliphatic carbocycles. The van der Waals surface area contributed by atoms with Crippen molar-refractivity contribution in [3.05, 3.63) is 77.0 Å². The third-order valence-corrected chi connectivity index (χ3v) is 10.3. The van der Waals surface area contributed by atoms with Crippen LogP contribution in [0.2, 0.25) is 0 Å². The fourth-order valence-electron chi connectivity index (χ4n) is 5.24. The Bertz CT molecular complexity index is 1730. The van der Waals surface area contributed by atoms with Gasteiger partial charge in [-0.15, -0.1) is 0 Å². The molecule has 2 unspecified atom stereocenters. The van der Waals surface area contributed by atoms with Crippen LogP contribution in [0.25, 0.3) is 16.6 Å². The topological polar surface area (TPSA) is 114 Å². The molecule has 1 saturated heterocycles. The highest BCUT2D eigenvalue weighted by molar-refractivity contribution is 7.97. The number of nitrogens with one attached hydrogen (secondary N) is 3. The molecular formula is C31H37N5O4S2. The van der Waals surface area contributed by atoms with E-state index < -0.39 is 9.84 Å². The number of benzene rings is 3. The molecule has 1 amide bonds. The summed E-state index contributed by atoms with van der Waals surface area (Å²) in [7, 11) is -1.38. The zero-order valence-corrected chi connectivity index (χ0v) is 26.2. The largest absolute Gasteiger partial charge is 0.496 e. The molecule has 1 aromatic heterocycles. The summed E-state index contributed by atoms with van der Waals surface area (Å²) in [5.41, 5.74) is 6.54. The van der Waals surface area contributed by atoms with E-state index in [1.165, 1.54) is 11.1 Å². The highest BCUT2D eigenvalue weighted by Gasteiger charge is 2.29. The van der Waals surface area contributed by atoms with Crippen molar-refractivity contribution >= 4 is 44.3 Å². The number of amides is 1. The summed E-state index contributed by atoms with van der Waals surface area (Å²) in [4.78, 5) is 14.0. The van der Waals surface area contributed by atoms with Crippen LogP contribution in [0.1, 0.15) is 40.4 Å². The van der Waals surface area contributed by atoms with Crippen molar-refractivity contribution in [1.82, 2.24) is 19.8 Å². The van der Waals surface area contributed by atoms with Gasteiger partial charge in [-0.1, -0.05) is 12.1 Å². The zero-order valence-electron chi connectivity index (χ0n) is 24.5. The van der Waals surface area contributed by atoms with Gasteiger partial charge in [-0.3, -0.25) is 9.52 Å². The number of sulfone groups is 1. The molecule has 0 saturated carbocycles. The molecule has 3 aromatic carbocycles. The predicted molar refractivity (Wildman–Crippen MR) is 170 cm³/mol. The van der Waals surface area contributed by atoms with E-state index in [9.17, 15) is 13.2 Å². The van der Waals surface area contributed by atoms with Gasteiger partial charge < -0.3 is 15.4 Å². The van der Waals surface area contributed by atoms with Crippen LogP contribution in [0.3, 0.4) is 0 Å². The average molecular weight is 608 g/mol. The quantitative estimate of drug-likeness (QED) is 0.217. The molecule has 9 nitrogen and oxygen atoms in total. The van der Waals surface area contributed by atoms with Crippen LogP contribution >= 0.6 is 11.9 Å². The highest BCUT2D eigenvalue weighted by atomic mass is 32.2. The second kappa shape index (κ2) is 12.4. The maximum absolute atomic E-state index is 12.9. The molecule has 11 heteroatoms. The summed E-state index contributed by atoms with van der Waals surface area (Å²) >= 11 is 1.58. The van der Waals surface area contributed by atoms with Gasteiger partial charge in [-0.05, 0) is 99.2 Å². The van der Waals surface area contributed by atoms with Crippen LogP contribution in [0.15, 0.2) is 59.6 Å². The minimum Gasteiger partial charge on any atom is -0.496 e. The maximum atomic E-state index is 12.9. The predicted octanol–water partition coefficient (Wildman–Crippen LogP) is 4.97. The van der Waals surface area contributed by atoms with E-state index in [0.717, 1.165) is 38.5 Å². The number of hydrogen-bond acceptors (Lipinski definition) is 8. The van der Waals surface area contributed by atoms with Crippen LogP contribution < -0.4 is 20.1 Å². The van der Waals surface area contributed by atoms with Crippen molar-refractivity contribution in [3.8, 4) is 11.4 Å². The van der Waals surface area contributed by atoms with Crippen molar-refractivity contribution < 1.29 is 17.9 Å². The highest BCUT2D eigenvalue weighted by Crippen LogP contribution is 2.32. The Morgan fingerprint density at radius 2 is 1.93 bits per heavy atom. The number of nitrogens with zero attached hydrogens (tertiary/aromatic N) is 2. The summed E-state index contributed by atoms with van der Waals surface area (Å²) in [6.07, 6.45) is 2.28. The van der Waals surface area contributed by atoms with Gasteiger partial charge in [0.25, 0.3) is 5.91 Å². The van der Waals surface area contributed by atoms with Crippen molar-refractivity contribution in [2.45, 2.75) is 51.1 Å². The molecule has 42 heavy (non-hydrogen) atoms. The normalized spacial score (nSPS) is 16.8. The van der Waals surface area contributed by atoms with E-state index in [2.05, 4.69) is 59.4 Å². The first kappa shape index (κ1) is 29.9. The summed E-state index contributed by atoms with van der Waals surface area (Å²) in [5, 5.41) is 12.1. The molecule has 2 heterocycles. The van der Waals surface area contributed by atoms with Gasteiger partial charge in [0.15, 0.2) is 9.84 Å². The second-order valence-electron chi connectivity index (χ2n) is 11.0. The minimum atomic E-state index is -3.08. The lowest BCUT2D eigenvalue weighted by molar-refractivity contribution is 0.0941. The maximum Gasteiger partial charge on any atom is 0.251 e. The third kappa shape index (κ3) is 6.74. The number of fused-ring (bicyclic) bond motifs is 1. The molecule has 4 aromatic rings. The van der Waals surface area contributed by atoms with E-state index in [1.807, 2.05) is 36.0 Å². The SMILES string of the molecule is COc1cc(C)cc(C)c1SNC(C)CNc1cc(C)cc2c1cnn2-c1cccc(C(=O)NC2CCS(=O)(=O)C2)c1. The molecule has 1 aliphatic rings. The summed E-state index contributed by atoms with van der Waals surface area (Å²) in [6, 6.07) is 15.4. The van der Waals surface area contributed by atoms with E-state index in [0.29, 0.717) is 18.5 Å². The average Bonchev–Trinajstić information content (AvgIpc) is 3.52. The Morgan fingerprint density at radius 1 is 1.14 bits per heavy atom. The Kier molecular flexibility index (Phi) is 8.81. The Hall–Kier alpha value is -3.54. The lowest BCUT2D eigenvalue weighted by Crippen LogP contribution is -2.35. The van der Waals surface area contributed by atoms with Crippen LogP contribution in [-0.2, 0) is 9.84 Å². The van der Waals surface area contributed by atoms with Gasteiger partial charge in [-0.2, -0.15) is 5.10 Å². The summed E-state index contributed by atoms with van der Waals surface area (Å²) < 4.78 is 34.5. The van der Waals surface area contributed by atoms with Crippen LogP contribution in [0, 0.1) is 20.8 Å². The first-order valence-corrected chi connectivity index (χ1v) is 16.6. The van der Waals surface area contributed by atoms with Gasteiger partial charge in [0.2, 0.25) is 0 Å². The van der Waals surface area contributed by atoms with Gasteiger partial charge in [-0.25, -0.2) is 13.1 Å². The van der Waals surface area contributed by atoms with Crippen molar-refractivity contribution in [1.29, 1.82) is 0 Å². The van der Waals surface area contributed by atoms with Gasteiger partial charge in [0.1, 0.15) is 5.75 Å². The standard InChI is InChI=1S/C31H37N5O4S2/c1-19-11-21(3)30(29(14-19)40-5)41-35-22(4)16-32-27-12-20(2)13-28-26(27)17-33-36(28)25-8-6-7-23(15-25)31(37)34-24-9-10-42(38,39)18-24/h6-8,11-15,17,22,24,32,35H,9-10,16,18H2,1-5H3,(H,34,37). The number of carbonyl (C=O) groups excluding carboxylic acids is 1. The lowest BCUT2D eigenvalue weighted by atomic mass is 10.1. The molecule has 0 bridgehead atoms. The third-order valence-electron chi connectivity index (χ3n) is 7.32. The number of methoxy groups -OCH3 is 1. The molecule has 0 radical (unpaired) electrons. The minimum absolute atomic E-state index is 0.0100. The molecule has 1 aliphatic heterocycles. The second-order valence-corrected chi connectivity index (χ2v) is 14.1. The van der Waals surface area contributed by atoms with Gasteiger partial charge >= 0.3 is 0 Å². The molecule has 3 N–H and O–H groups in total. The number of anilines is 1. The fraction of sp³-hybridized carbons (Fsp3) is 0.355. The van der Waals surface area contributed by atoms with E-state index in [-0.39, 0.29) is 29.5 Å². The first-order chi connectivity index (χ1) is 20.0.